The van der Waals surface area contributed by atoms with Crippen molar-refractivity contribution in [2.45, 2.75) is 26.4 Å². The molecule has 4 nitrogen and oxygen atoms in total. The van der Waals surface area contributed by atoms with E-state index in [9.17, 15) is 4.79 Å². The molecule has 140 valence electrons. The van der Waals surface area contributed by atoms with Gasteiger partial charge in [0.05, 0.1) is 18.8 Å². The first-order valence-electron chi connectivity index (χ1n) is 8.32. The first-order valence-corrected chi connectivity index (χ1v) is 11.3. The minimum atomic E-state index is -0.453. The fourth-order valence-corrected chi connectivity index (χ4v) is 4.90. The molecule has 0 bridgehead atoms. The lowest BCUT2D eigenvalue weighted by Gasteiger charge is -2.16. The molecule has 1 unspecified atom stereocenters. The van der Waals surface area contributed by atoms with Crippen molar-refractivity contribution in [3.63, 3.8) is 0 Å². The number of benzene rings is 2. The van der Waals surface area contributed by atoms with Crippen molar-refractivity contribution in [2.24, 2.45) is 4.99 Å². The van der Waals surface area contributed by atoms with E-state index in [1.165, 1.54) is 0 Å². The van der Waals surface area contributed by atoms with Crippen LogP contribution in [0.1, 0.15) is 31.4 Å². The van der Waals surface area contributed by atoms with E-state index < -0.39 is 5.97 Å². The molecule has 0 aromatic heterocycles. The molecule has 0 spiro atoms. The van der Waals surface area contributed by atoms with E-state index in [-0.39, 0.29) is 11.8 Å². The van der Waals surface area contributed by atoms with E-state index >= 15 is 0 Å². The zero-order valence-corrected chi connectivity index (χ0v) is 20.5. The van der Waals surface area contributed by atoms with Gasteiger partial charge in [0.15, 0.2) is 5.70 Å². The predicted octanol–water partition coefficient (Wildman–Crippen LogP) is 6.18. The van der Waals surface area contributed by atoms with Crippen molar-refractivity contribution in [2.75, 3.05) is 0 Å². The number of aliphatic imine (C=N–C) groups is 1. The minimum absolute atomic E-state index is 0.150. The Hall–Kier alpha value is -0.940. The highest BCUT2D eigenvalue weighted by atomic mass is 127. The number of nitrogens with zero attached hydrogens (tertiary/aromatic N) is 1. The molecule has 1 atom stereocenters. The van der Waals surface area contributed by atoms with Crippen LogP contribution in [0.5, 0.6) is 5.75 Å². The van der Waals surface area contributed by atoms with Crippen molar-refractivity contribution in [3.05, 3.63) is 64.8 Å². The lowest BCUT2D eigenvalue weighted by Crippen LogP contribution is -2.11. The first kappa shape index (κ1) is 20.8. The Bertz CT molecular complexity index is 933. The van der Waals surface area contributed by atoms with E-state index in [1.54, 1.807) is 6.08 Å². The number of carbonyl (C=O) groups excluding carboxylic acids is 1. The molecule has 0 amide bonds. The zero-order chi connectivity index (χ0) is 19.6. The minimum Gasteiger partial charge on any atom is -0.489 e. The molecule has 1 aliphatic heterocycles. The molecule has 0 N–H and O–H groups in total. The topological polar surface area (TPSA) is 47.9 Å². The van der Waals surface area contributed by atoms with Crippen LogP contribution in [0.4, 0.5) is 0 Å². The van der Waals surface area contributed by atoms with Gasteiger partial charge in [-0.1, -0.05) is 19.1 Å². The second-order valence-corrected chi connectivity index (χ2v) is 9.15. The molecule has 0 aliphatic carbocycles. The molecule has 2 aromatic rings. The van der Waals surface area contributed by atoms with Gasteiger partial charge in [-0.25, -0.2) is 9.79 Å². The Balaban J connectivity index is 1.92. The lowest BCUT2D eigenvalue weighted by atomic mass is 10.2. The van der Waals surface area contributed by atoms with Crippen molar-refractivity contribution in [1.82, 2.24) is 0 Å². The predicted molar refractivity (Wildman–Crippen MR) is 127 cm³/mol. The molecule has 3 rings (SSSR count). The summed E-state index contributed by atoms with van der Waals surface area (Å²) in [7, 11) is 0. The number of hydrogen-bond donors (Lipinski definition) is 0. The molecule has 0 saturated heterocycles. The number of halogens is 3. The maximum Gasteiger partial charge on any atom is 0.363 e. The monoisotopic (exact) mass is 651 g/mol. The molecule has 2 aromatic carbocycles. The van der Waals surface area contributed by atoms with Gasteiger partial charge in [0.2, 0.25) is 5.90 Å². The quantitative estimate of drug-likeness (QED) is 0.221. The molecule has 1 aliphatic rings. The number of cyclic esters (lactones) is 1. The van der Waals surface area contributed by atoms with Crippen LogP contribution in [-0.4, -0.2) is 18.0 Å². The van der Waals surface area contributed by atoms with Crippen LogP contribution < -0.4 is 4.74 Å². The van der Waals surface area contributed by atoms with E-state index in [1.807, 2.05) is 36.4 Å². The fraction of sp³-hybridized carbons (Fsp3) is 0.200. The molecule has 27 heavy (non-hydrogen) atoms. The molecular formula is C20H16BrI2NO3. The Morgan fingerprint density at radius 3 is 2.56 bits per heavy atom. The highest BCUT2D eigenvalue weighted by Crippen LogP contribution is 2.32. The largest absolute Gasteiger partial charge is 0.489 e. The highest BCUT2D eigenvalue weighted by Gasteiger charge is 2.25. The van der Waals surface area contributed by atoms with Gasteiger partial charge in [-0.15, -0.1) is 0 Å². The Morgan fingerprint density at radius 2 is 1.93 bits per heavy atom. The molecular weight excluding hydrogens is 636 g/mol. The Labute approximate surface area is 193 Å². The second kappa shape index (κ2) is 9.04. The van der Waals surface area contributed by atoms with Crippen LogP contribution in [0.25, 0.3) is 6.08 Å². The average molecular weight is 652 g/mol. The van der Waals surface area contributed by atoms with Crippen molar-refractivity contribution in [1.29, 1.82) is 0 Å². The van der Waals surface area contributed by atoms with E-state index in [0.29, 0.717) is 5.90 Å². The van der Waals surface area contributed by atoms with Gasteiger partial charge in [0.1, 0.15) is 5.75 Å². The summed E-state index contributed by atoms with van der Waals surface area (Å²) in [6.07, 6.45) is 2.83. The zero-order valence-electron chi connectivity index (χ0n) is 14.6. The Morgan fingerprint density at radius 1 is 1.26 bits per heavy atom. The third-order valence-electron chi connectivity index (χ3n) is 3.94. The lowest BCUT2D eigenvalue weighted by molar-refractivity contribution is -0.129. The van der Waals surface area contributed by atoms with E-state index in [4.69, 9.17) is 9.47 Å². The third kappa shape index (κ3) is 4.92. The SMILES string of the molecule is CCC(C)Oc1c(I)cc(/C=C2\N=C(c3ccccc3Br)OC2=O)cc1I. The summed E-state index contributed by atoms with van der Waals surface area (Å²) in [5, 5.41) is 0. The standard InChI is InChI=1S/C20H16BrI2NO3/c1-3-11(2)26-18-15(22)8-12(9-16(18)23)10-17-20(25)27-19(24-17)13-6-4-5-7-14(13)21/h4-11H,3H2,1-2H3/b17-10-. The Kier molecular flexibility index (Phi) is 6.96. The van der Waals surface area contributed by atoms with E-state index in [2.05, 4.69) is 80.0 Å². The van der Waals surface area contributed by atoms with Crippen LogP contribution in [0, 0.1) is 7.14 Å². The van der Waals surface area contributed by atoms with Crippen molar-refractivity contribution < 1.29 is 14.3 Å². The summed E-state index contributed by atoms with van der Waals surface area (Å²) in [4.78, 5) is 16.6. The van der Waals surface area contributed by atoms with Crippen LogP contribution in [0.15, 0.2) is 51.6 Å². The molecule has 0 saturated carbocycles. The van der Waals surface area contributed by atoms with Gasteiger partial charge in [-0.3, -0.25) is 0 Å². The first-order chi connectivity index (χ1) is 12.9. The molecule has 0 fully saturated rings. The molecule has 0 radical (unpaired) electrons. The third-order valence-corrected chi connectivity index (χ3v) is 6.24. The fourth-order valence-electron chi connectivity index (χ4n) is 2.38. The number of ether oxygens (including phenoxy) is 2. The highest BCUT2D eigenvalue weighted by molar-refractivity contribution is 14.1. The van der Waals surface area contributed by atoms with Gasteiger partial charge < -0.3 is 9.47 Å². The van der Waals surface area contributed by atoms with Gasteiger partial charge in [-0.2, -0.15) is 0 Å². The van der Waals surface area contributed by atoms with Crippen LogP contribution >= 0.6 is 61.1 Å². The summed E-state index contributed by atoms with van der Waals surface area (Å²) in [5.41, 5.74) is 1.91. The summed E-state index contributed by atoms with van der Waals surface area (Å²) < 4.78 is 14.2. The number of hydrogen-bond acceptors (Lipinski definition) is 4. The summed E-state index contributed by atoms with van der Waals surface area (Å²) in [6.45, 7) is 4.14. The molecule has 7 heteroatoms. The summed E-state index contributed by atoms with van der Waals surface area (Å²) in [5.74, 6) is 0.727. The number of carbonyl (C=O) groups is 1. The van der Waals surface area contributed by atoms with E-state index in [0.717, 1.165) is 34.9 Å². The maximum absolute atomic E-state index is 12.2. The molecule has 1 heterocycles. The number of rotatable bonds is 5. The number of esters is 1. The average Bonchev–Trinajstić information content (AvgIpc) is 2.98. The van der Waals surface area contributed by atoms with Gasteiger partial charge in [-0.05, 0) is 110 Å². The second-order valence-electron chi connectivity index (χ2n) is 5.97. The van der Waals surface area contributed by atoms with Crippen molar-refractivity contribution in [3.8, 4) is 5.75 Å². The van der Waals surface area contributed by atoms with Crippen LogP contribution in [0.2, 0.25) is 0 Å². The summed E-state index contributed by atoms with van der Waals surface area (Å²) >= 11 is 7.97. The van der Waals surface area contributed by atoms with Crippen LogP contribution in [-0.2, 0) is 9.53 Å². The summed E-state index contributed by atoms with van der Waals surface area (Å²) in [6, 6.07) is 11.5. The van der Waals surface area contributed by atoms with Gasteiger partial charge >= 0.3 is 5.97 Å². The van der Waals surface area contributed by atoms with Crippen molar-refractivity contribution >= 4 is 79.1 Å². The van der Waals surface area contributed by atoms with Gasteiger partial charge in [0, 0.05) is 4.47 Å². The smallest absolute Gasteiger partial charge is 0.363 e. The van der Waals surface area contributed by atoms with Crippen LogP contribution in [0.3, 0.4) is 0 Å². The normalized spacial score (nSPS) is 16.3. The van der Waals surface area contributed by atoms with Gasteiger partial charge in [0.25, 0.3) is 0 Å². The maximum atomic E-state index is 12.2.